The summed E-state index contributed by atoms with van der Waals surface area (Å²) in [5.74, 6) is 0. The van der Waals surface area contributed by atoms with Crippen LogP contribution >= 0.6 is 53.5 Å². The van der Waals surface area contributed by atoms with E-state index in [1.165, 1.54) is 9.66 Å². The second-order valence-corrected chi connectivity index (χ2v) is 12.0. The fourth-order valence-electron chi connectivity index (χ4n) is 1.38. The summed E-state index contributed by atoms with van der Waals surface area (Å²) in [5.41, 5.74) is 0.447. The van der Waals surface area contributed by atoms with Crippen molar-refractivity contribution in [1.29, 1.82) is 0 Å². The molecule has 0 aromatic heterocycles. The number of halogens is 2. The van der Waals surface area contributed by atoms with Crippen molar-refractivity contribution in [3.05, 3.63) is 0 Å². The van der Waals surface area contributed by atoms with Crippen LogP contribution in [0.1, 0.15) is 41.5 Å². The summed E-state index contributed by atoms with van der Waals surface area (Å²) < 4.78 is 3.88. The van der Waals surface area contributed by atoms with Crippen LogP contribution in [0.25, 0.3) is 0 Å². The number of rotatable bonds is 1. The molecule has 0 saturated carbocycles. The van der Waals surface area contributed by atoms with Crippen molar-refractivity contribution < 1.29 is 0 Å². The van der Waals surface area contributed by atoms with E-state index in [0.717, 1.165) is 0 Å². The first kappa shape index (κ1) is 14.6. The molecule has 0 amide bonds. The van der Waals surface area contributed by atoms with Gasteiger partial charge in [0, 0.05) is 19.4 Å². The zero-order chi connectivity index (χ0) is 10.9. The van der Waals surface area contributed by atoms with E-state index in [1.807, 2.05) is 0 Å². The van der Waals surface area contributed by atoms with Gasteiger partial charge < -0.3 is 0 Å². The maximum atomic E-state index is 2.49. The third-order valence-electron chi connectivity index (χ3n) is 1.45. The molecule has 0 aromatic rings. The monoisotopic (exact) mass is 425 g/mol. The number of hydrogen-bond acceptors (Lipinski definition) is 1. The molecule has 0 aromatic carbocycles. The quantitative estimate of drug-likeness (QED) is 0.435. The molecular formula is C9H18I2NP. The molecule has 4 heteroatoms. The van der Waals surface area contributed by atoms with Crippen LogP contribution in [0.3, 0.4) is 0 Å². The highest BCUT2D eigenvalue weighted by atomic mass is 127. The summed E-state index contributed by atoms with van der Waals surface area (Å²) >= 11 is 4.77. The van der Waals surface area contributed by atoms with Crippen LogP contribution in [0.2, 0.25) is 0 Å². The molecule has 0 heterocycles. The van der Waals surface area contributed by atoms with Crippen molar-refractivity contribution in [3.8, 4) is 0 Å². The minimum atomic E-state index is 0.224. The van der Waals surface area contributed by atoms with E-state index in [0.29, 0.717) is 0 Å². The Morgan fingerprint density at radius 1 is 0.923 bits per heavy atom. The first-order valence-electron chi connectivity index (χ1n) is 4.25. The summed E-state index contributed by atoms with van der Waals surface area (Å²) in [6, 6.07) is 0. The second-order valence-electron chi connectivity index (χ2n) is 4.99. The van der Waals surface area contributed by atoms with Crippen LogP contribution in [-0.2, 0) is 0 Å². The molecule has 0 aliphatic rings. The standard InChI is InChI=1S/C9H18I2NP/c1-8(2,3)12(9(4,5)6)13-7(10)11/h1-6H3. The van der Waals surface area contributed by atoms with Gasteiger partial charge in [-0.15, -0.1) is 0 Å². The predicted molar refractivity (Wildman–Crippen MR) is 81.3 cm³/mol. The number of nitrogens with zero attached hydrogens (tertiary/aromatic N) is 1. The van der Waals surface area contributed by atoms with Gasteiger partial charge in [-0.1, -0.05) is 0 Å². The van der Waals surface area contributed by atoms with Crippen molar-refractivity contribution in [1.82, 2.24) is 4.67 Å². The molecule has 78 valence electrons. The molecule has 13 heavy (non-hydrogen) atoms. The Hall–Kier alpha value is 1.59. The highest BCUT2D eigenvalue weighted by Gasteiger charge is 2.30. The predicted octanol–water partition coefficient (Wildman–Crippen LogP) is 4.70. The van der Waals surface area contributed by atoms with E-state index in [4.69, 9.17) is 0 Å². The van der Waals surface area contributed by atoms with E-state index in [-0.39, 0.29) is 11.1 Å². The summed E-state index contributed by atoms with van der Waals surface area (Å²) in [6.45, 7) is 13.6. The third kappa shape index (κ3) is 5.90. The van der Waals surface area contributed by atoms with Crippen LogP contribution in [0.4, 0.5) is 0 Å². The van der Waals surface area contributed by atoms with Gasteiger partial charge in [-0.25, -0.2) is 4.67 Å². The average Bonchev–Trinajstić information content (AvgIpc) is 1.77. The Labute approximate surface area is 111 Å². The molecule has 0 saturated heterocycles. The van der Waals surface area contributed by atoms with Crippen LogP contribution in [0.5, 0.6) is 0 Å². The molecule has 0 fully saturated rings. The zero-order valence-corrected chi connectivity index (χ0v) is 14.4. The van der Waals surface area contributed by atoms with Gasteiger partial charge in [-0.05, 0) is 86.7 Å². The molecule has 0 spiro atoms. The lowest BCUT2D eigenvalue weighted by Crippen LogP contribution is -2.46. The van der Waals surface area contributed by atoms with Gasteiger partial charge in [0.1, 0.15) is 0 Å². The van der Waals surface area contributed by atoms with Crippen LogP contribution in [-0.4, -0.2) is 17.1 Å². The second kappa shape index (κ2) is 5.08. The van der Waals surface area contributed by atoms with E-state index >= 15 is 0 Å². The topological polar surface area (TPSA) is 3.24 Å². The lowest BCUT2D eigenvalue weighted by molar-refractivity contribution is 0.155. The van der Waals surface area contributed by atoms with Crippen LogP contribution in [0, 0.1) is 0 Å². The van der Waals surface area contributed by atoms with E-state index < -0.39 is 0 Å². The molecule has 1 nitrogen and oxygen atoms in total. The number of hydrogen-bond donors (Lipinski definition) is 0. The minimum absolute atomic E-state index is 0.224. The third-order valence-corrected chi connectivity index (χ3v) is 4.29. The highest BCUT2D eigenvalue weighted by molar-refractivity contribution is 14.2. The van der Waals surface area contributed by atoms with E-state index in [9.17, 15) is 0 Å². The van der Waals surface area contributed by atoms with Gasteiger partial charge >= 0.3 is 0 Å². The Balaban J connectivity index is 4.90. The van der Waals surface area contributed by atoms with Gasteiger partial charge in [0.25, 0.3) is 0 Å². The zero-order valence-electron chi connectivity index (χ0n) is 9.15. The van der Waals surface area contributed by atoms with Gasteiger partial charge in [-0.2, -0.15) is 0 Å². The summed E-state index contributed by atoms with van der Waals surface area (Å²) in [5, 5.41) is 0. The Morgan fingerprint density at radius 2 is 1.23 bits per heavy atom. The molecule has 0 atom stereocenters. The summed E-state index contributed by atoms with van der Waals surface area (Å²) in [7, 11) is 1.32. The normalized spacial score (nSPS) is 13.9. The Bertz CT molecular complexity index is 183. The largest absolute Gasteiger partial charge is 0.246 e. The van der Waals surface area contributed by atoms with Gasteiger partial charge in [0.05, 0.1) is 1.31 Å². The fraction of sp³-hybridized carbons (Fsp3) is 0.889. The Kier molecular flexibility index (Phi) is 5.70. The minimum Gasteiger partial charge on any atom is -0.246 e. The molecule has 0 bridgehead atoms. The van der Waals surface area contributed by atoms with Crippen molar-refractivity contribution in [2.75, 3.05) is 0 Å². The fourth-order valence-corrected chi connectivity index (χ4v) is 3.43. The lowest BCUT2D eigenvalue weighted by atomic mass is 10.0. The van der Waals surface area contributed by atoms with Gasteiger partial charge in [0.15, 0.2) is 0 Å². The lowest BCUT2D eigenvalue weighted by Gasteiger charge is -2.42. The molecule has 0 N–H and O–H groups in total. The van der Waals surface area contributed by atoms with Crippen molar-refractivity contribution in [2.45, 2.75) is 52.6 Å². The first-order valence-corrected chi connectivity index (χ1v) is 7.25. The smallest absolute Gasteiger partial charge is 0.0897 e. The van der Waals surface area contributed by atoms with Crippen molar-refractivity contribution in [2.24, 2.45) is 0 Å². The van der Waals surface area contributed by atoms with Crippen LogP contribution in [0.15, 0.2) is 0 Å². The SMILES string of the molecule is CC(C)(C)N(P=C(I)I)C(C)(C)C. The average molecular weight is 425 g/mol. The summed E-state index contributed by atoms with van der Waals surface area (Å²) in [6.07, 6.45) is 0. The van der Waals surface area contributed by atoms with E-state index in [1.54, 1.807) is 0 Å². The maximum Gasteiger partial charge on any atom is 0.0897 e. The Morgan fingerprint density at radius 3 is 1.31 bits per heavy atom. The summed E-state index contributed by atoms with van der Waals surface area (Å²) in [4.78, 5) is 0. The first-order chi connectivity index (χ1) is 5.55. The molecular weight excluding hydrogens is 407 g/mol. The van der Waals surface area contributed by atoms with Gasteiger partial charge in [-0.3, -0.25) is 0 Å². The van der Waals surface area contributed by atoms with Crippen LogP contribution < -0.4 is 0 Å². The van der Waals surface area contributed by atoms with Crippen molar-refractivity contribution >= 4 is 54.8 Å². The molecule has 0 radical (unpaired) electrons. The van der Waals surface area contributed by atoms with Crippen molar-refractivity contribution in [3.63, 3.8) is 0 Å². The maximum absolute atomic E-state index is 2.49. The van der Waals surface area contributed by atoms with E-state index in [2.05, 4.69) is 91.4 Å². The molecule has 0 unspecified atom stereocenters. The molecule has 0 aliphatic heterocycles. The van der Waals surface area contributed by atoms with Gasteiger partial charge in [0.2, 0.25) is 0 Å². The highest BCUT2D eigenvalue weighted by Crippen LogP contribution is 2.34. The molecule has 0 aliphatic carbocycles. The molecule has 0 rings (SSSR count).